The molecule has 1 aromatic carbocycles. The molecule has 0 saturated heterocycles. The second-order valence-corrected chi connectivity index (χ2v) is 4.50. The molecular weight excluding hydrogens is 221 g/mol. The van der Waals surface area contributed by atoms with Crippen molar-refractivity contribution in [2.75, 3.05) is 13.2 Å². The molecule has 0 radical (unpaired) electrons. The monoisotopic (exact) mass is 231 g/mol. The van der Waals surface area contributed by atoms with Gasteiger partial charge in [-0.1, -0.05) is 11.6 Å². The molecule has 1 atom stereocenters. The quantitative estimate of drug-likeness (QED) is 0.625. The highest BCUT2D eigenvalue weighted by Crippen LogP contribution is 2.30. The third kappa shape index (κ3) is 4.05. The topological polar surface area (TPSA) is 38.3 Å². The van der Waals surface area contributed by atoms with Crippen LogP contribution in [0.5, 0.6) is 5.75 Å². The number of carbonyl (C=O) groups is 1. The van der Waals surface area contributed by atoms with Crippen molar-refractivity contribution in [3.8, 4) is 5.75 Å². The van der Waals surface area contributed by atoms with Crippen molar-refractivity contribution >= 4 is 26.2 Å². The van der Waals surface area contributed by atoms with Gasteiger partial charge in [-0.25, -0.2) is 0 Å². The lowest BCUT2D eigenvalue weighted by atomic mass is 10.3. The van der Waals surface area contributed by atoms with E-state index in [1.807, 2.05) is 6.66 Å². The van der Waals surface area contributed by atoms with Crippen molar-refractivity contribution in [3.05, 3.63) is 29.3 Å². The van der Waals surface area contributed by atoms with Crippen LogP contribution in [0.25, 0.3) is 0 Å². The molecule has 1 rings (SSSR count). The van der Waals surface area contributed by atoms with E-state index in [9.17, 15) is 4.79 Å². The van der Waals surface area contributed by atoms with E-state index >= 15 is 0 Å². The van der Waals surface area contributed by atoms with Crippen LogP contribution >= 0.6 is 19.9 Å². The Balaban J connectivity index is 2.43. The molecule has 0 heterocycles. The molecule has 0 aliphatic heterocycles. The Morgan fingerprint density at radius 2 is 2.14 bits per heavy atom. The minimum Gasteiger partial charge on any atom is -0.459 e. The first kappa shape index (κ1) is 11.4. The summed E-state index contributed by atoms with van der Waals surface area (Å²) in [7, 11) is -0.797. The van der Waals surface area contributed by atoms with Crippen LogP contribution in [0, 0.1) is 0 Å². The molecule has 1 aromatic rings. The molecular formula is C9H11ClNO2P. The summed E-state index contributed by atoms with van der Waals surface area (Å²) in [5, 5.41) is 3.62. The van der Waals surface area contributed by atoms with E-state index in [0.717, 1.165) is 12.0 Å². The number of hydrogen-bond donors (Lipinski definition) is 1. The van der Waals surface area contributed by atoms with Gasteiger partial charge in [0, 0.05) is 11.7 Å². The van der Waals surface area contributed by atoms with E-state index in [-0.39, 0.29) is 0 Å². The Kier molecular flexibility index (Phi) is 4.88. The molecule has 0 fully saturated rings. The zero-order valence-corrected chi connectivity index (χ0v) is 9.39. The van der Waals surface area contributed by atoms with Crippen LogP contribution in [0.4, 0.5) is 0 Å². The first-order valence-electron chi connectivity index (χ1n) is 4.07. The van der Waals surface area contributed by atoms with Crippen molar-refractivity contribution in [2.45, 2.75) is 0 Å². The van der Waals surface area contributed by atoms with Gasteiger partial charge in [-0.3, -0.25) is 5.09 Å². The number of rotatable bonds is 5. The number of halogens is 1. The van der Waals surface area contributed by atoms with Crippen LogP contribution in [-0.2, 0) is 4.79 Å². The van der Waals surface area contributed by atoms with Crippen LogP contribution in [0.15, 0.2) is 24.3 Å². The minimum atomic E-state index is -0.797. The van der Waals surface area contributed by atoms with Gasteiger partial charge in [0.05, 0.1) is 6.54 Å². The van der Waals surface area contributed by atoms with E-state index in [1.165, 1.54) is 0 Å². The summed E-state index contributed by atoms with van der Waals surface area (Å²) in [5.74, 6) is 0.751. The molecule has 14 heavy (non-hydrogen) atoms. The minimum absolute atomic E-state index is 0.315. The highest BCUT2D eigenvalue weighted by molar-refractivity contribution is 7.49. The summed E-state index contributed by atoms with van der Waals surface area (Å²) in [5.41, 5.74) is 0. The summed E-state index contributed by atoms with van der Waals surface area (Å²) in [4.78, 5) is 10.1. The lowest BCUT2D eigenvalue weighted by Gasteiger charge is -2.13. The maximum Gasteiger partial charge on any atom is 0.158 e. The molecule has 0 aliphatic rings. The number of hydrogen-bond acceptors (Lipinski definition) is 3. The SMILES string of the molecule is CP(NCC=O)Oc1ccc(Cl)cc1. The Morgan fingerprint density at radius 3 is 2.71 bits per heavy atom. The molecule has 5 heteroatoms. The average molecular weight is 232 g/mol. The average Bonchev–Trinajstić information content (AvgIpc) is 2.18. The van der Waals surface area contributed by atoms with Crippen molar-refractivity contribution in [1.82, 2.24) is 5.09 Å². The summed E-state index contributed by atoms with van der Waals surface area (Å²) >= 11 is 5.72. The van der Waals surface area contributed by atoms with Gasteiger partial charge in [-0.2, -0.15) is 0 Å². The molecule has 0 aromatic heterocycles. The van der Waals surface area contributed by atoms with Crippen LogP contribution < -0.4 is 9.61 Å². The van der Waals surface area contributed by atoms with Gasteiger partial charge < -0.3 is 9.32 Å². The van der Waals surface area contributed by atoms with Crippen LogP contribution in [-0.4, -0.2) is 19.5 Å². The largest absolute Gasteiger partial charge is 0.459 e. The van der Waals surface area contributed by atoms with E-state index in [4.69, 9.17) is 16.1 Å². The zero-order valence-electron chi connectivity index (χ0n) is 7.74. The Bertz CT molecular complexity index is 291. The summed E-state index contributed by atoms with van der Waals surface area (Å²) < 4.78 is 5.51. The molecule has 0 bridgehead atoms. The zero-order chi connectivity index (χ0) is 10.4. The third-order valence-corrected chi connectivity index (χ3v) is 2.82. The predicted molar refractivity (Wildman–Crippen MR) is 59.0 cm³/mol. The normalized spacial score (nSPS) is 12.1. The summed E-state index contributed by atoms with van der Waals surface area (Å²) in [6, 6.07) is 7.12. The van der Waals surface area contributed by atoms with Gasteiger partial charge in [0.15, 0.2) is 8.30 Å². The van der Waals surface area contributed by atoms with Crippen molar-refractivity contribution in [1.29, 1.82) is 0 Å². The van der Waals surface area contributed by atoms with E-state index < -0.39 is 8.30 Å². The van der Waals surface area contributed by atoms with Gasteiger partial charge in [0.25, 0.3) is 0 Å². The number of carbonyl (C=O) groups excluding carboxylic acids is 1. The predicted octanol–water partition coefficient (Wildman–Crippen LogP) is 2.45. The Morgan fingerprint density at radius 1 is 1.50 bits per heavy atom. The molecule has 76 valence electrons. The standard InChI is InChI=1S/C9H11ClNO2P/c1-14(11-6-7-12)13-9-4-2-8(10)3-5-9/h2-5,7,11H,6H2,1H3. The summed E-state index contributed by atoms with van der Waals surface area (Å²) in [6.07, 6.45) is 0.810. The van der Waals surface area contributed by atoms with Crippen molar-refractivity contribution in [3.63, 3.8) is 0 Å². The molecule has 0 amide bonds. The Labute approximate surface area is 89.3 Å². The molecule has 0 spiro atoms. The maximum atomic E-state index is 10.1. The molecule has 1 N–H and O–H groups in total. The van der Waals surface area contributed by atoms with E-state index in [0.29, 0.717) is 11.6 Å². The molecule has 0 aliphatic carbocycles. The first-order chi connectivity index (χ1) is 6.72. The van der Waals surface area contributed by atoms with Gasteiger partial charge >= 0.3 is 0 Å². The first-order valence-corrected chi connectivity index (χ1v) is 6.15. The number of nitrogens with one attached hydrogen (secondary N) is 1. The highest BCUT2D eigenvalue weighted by atomic mass is 35.5. The molecule has 0 saturated carbocycles. The van der Waals surface area contributed by atoms with Gasteiger partial charge in [-0.15, -0.1) is 0 Å². The second-order valence-electron chi connectivity index (χ2n) is 2.57. The van der Waals surface area contributed by atoms with Gasteiger partial charge in [-0.05, 0) is 24.3 Å². The highest BCUT2D eigenvalue weighted by Gasteiger charge is 2.02. The fourth-order valence-corrected chi connectivity index (χ4v) is 1.81. The van der Waals surface area contributed by atoms with E-state index in [1.54, 1.807) is 24.3 Å². The summed E-state index contributed by atoms with van der Waals surface area (Å²) in [6.45, 7) is 2.21. The fraction of sp³-hybridized carbons (Fsp3) is 0.222. The molecule has 3 nitrogen and oxygen atoms in total. The smallest absolute Gasteiger partial charge is 0.158 e. The molecule has 1 unspecified atom stereocenters. The third-order valence-electron chi connectivity index (χ3n) is 1.45. The van der Waals surface area contributed by atoms with E-state index in [2.05, 4.69) is 5.09 Å². The second kappa shape index (κ2) is 5.97. The number of benzene rings is 1. The lowest BCUT2D eigenvalue weighted by molar-refractivity contribution is -0.106. The lowest BCUT2D eigenvalue weighted by Crippen LogP contribution is -2.11. The van der Waals surface area contributed by atoms with Gasteiger partial charge in [0.2, 0.25) is 0 Å². The Hall–Kier alpha value is -0.630. The maximum absolute atomic E-state index is 10.1. The van der Waals surface area contributed by atoms with Crippen molar-refractivity contribution < 1.29 is 9.32 Å². The van der Waals surface area contributed by atoms with Crippen LogP contribution in [0.2, 0.25) is 5.02 Å². The number of aldehydes is 1. The van der Waals surface area contributed by atoms with Crippen molar-refractivity contribution in [2.24, 2.45) is 0 Å². The van der Waals surface area contributed by atoms with Crippen LogP contribution in [0.3, 0.4) is 0 Å². The van der Waals surface area contributed by atoms with Crippen LogP contribution in [0.1, 0.15) is 0 Å². The fourth-order valence-electron chi connectivity index (χ4n) is 0.852. The van der Waals surface area contributed by atoms with Gasteiger partial charge in [0.1, 0.15) is 12.0 Å².